The minimum atomic E-state index is 0.429. The van der Waals surface area contributed by atoms with Crippen LogP contribution < -0.4 is 5.32 Å². The lowest BCUT2D eigenvalue weighted by atomic mass is 10.1. The smallest absolute Gasteiger partial charge is 0.0537 e. The van der Waals surface area contributed by atoms with Gasteiger partial charge in [-0.05, 0) is 32.2 Å². The molecule has 0 saturated heterocycles. The molecule has 1 heterocycles. The molecule has 1 unspecified atom stereocenters. The number of hydrogen-bond acceptors (Lipinski definition) is 2. The number of rotatable bonds is 6. The fourth-order valence-corrected chi connectivity index (χ4v) is 1.90. The summed E-state index contributed by atoms with van der Waals surface area (Å²) in [5.74, 6) is 1.06. The van der Waals surface area contributed by atoms with Gasteiger partial charge in [0.15, 0.2) is 0 Å². The van der Waals surface area contributed by atoms with Crippen LogP contribution >= 0.6 is 0 Å². The van der Waals surface area contributed by atoms with Crippen LogP contribution in [-0.4, -0.2) is 16.3 Å². The van der Waals surface area contributed by atoms with Crippen LogP contribution in [-0.2, 0) is 7.05 Å². The van der Waals surface area contributed by atoms with Crippen molar-refractivity contribution in [3.8, 4) is 0 Å². The number of aryl methyl sites for hydroxylation is 1. The van der Waals surface area contributed by atoms with Crippen LogP contribution in [0.2, 0.25) is 0 Å². The summed E-state index contributed by atoms with van der Waals surface area (Å²) in [4.78, 5) is 0. The molecule has 0 aromatic carbocycles. The van der Waals surface area contributed by atoms with Gasteiger partial charge in [0.25, 0.3) is 0 Å². The summed E-state index contributed by atoms with van der Waals surface area (Å²) in [6, 6.07) is 0.429. The fourth-order valence-electron chi connectivity index (χ4n) is 1.90. The van der Waals surface area contributed by atoms with E-state index in [2.05, 4.69) is 23.5 Å². The van der Waals surface area contributed by atoms with Gasteiger partial charge in [-0.3, -0.25) is 4.68 Å². The first-order chi connectivity index (χ1) is 7.25. The van der Waals surface area contributed by atoms with Crippen molar-refractivity contribution in [1.82, 2.24) is 15.1 Å². The van der Waals surface area contributed by atoms with Crippen LogP contribution in [0, 0.1) is 5.92 Å². The van der Waals surface area contributed by atoms with Gasteiger partial charge in [-0.25, -0.2) is 0 Å². The van der Waals surface area contributed by atoms with Gasteiger partial charge in [-0.1, -0.05) is 12.8 Å². The Hall–Kier alpha value is -0.830. The van der Waals surface area contributed by atoms with Crippen molar-refractivity contribution in [3.63, 3.8) is 0 Å². The molecule has 1 aliphatic carbocycles. The third-order valence-corrected chi connectivity index (χ3v) is 3.16. The molecule has 1 aliphatic rings. The zero-order valence-electron chi connectivity index (χ0n) is 9.74. The summed E-state index contributed by atoms with van der Waals surface area (Å²) in [6.45, 7) is 3.33. The Balaban J connectivity index is 1.64. The predicted molar refractivity (Wildman–Crippen MR) is 61.6 cm³/mol. The van der Waals surface area contributed by atoms with E-state index in [9.17, 15) is 0 Å². The standard InChI is InChI=1S/C12H21N3/c1-10(12-8-14-15(2)9-12)13-7-3-4-11-5-6-11/h8-11,13H,3-7H2,1-2H3. The van der Waals surface area contributed by atoms with Crippen LogP contribution in [0.15, 0.2) is 12.4 Å². The quantitative estimate of drug-likeness (QED) is 0.725. The monoisotopic (exact) mass is 207 g/mol. The van der Waals surface area contributed by atoms with Crippen molar-refractivity contribution < 1.29 is 0 Å². The Morgan fingerprint density at radius 3 is 3.00 bits per heavy atom. The second-order valence-electron chi connectivity index (χ2n) is 4.71. The van der Waals surface area contributed by atoms with Gasteiger partial charge in [-0.15, -0.1) is 0 Å². The SMILES string of the molecule is CC(NCCCC1CC1)c1cnn(C)c1. The zero-order chi connectivity index (χ0) is 10.7. The average Bonchev–Trinajstić information content (AvgIpc) is 2.94. The molecule has 0 bridgehead atoms. The van der Waals surface area contributed by atoms with Gasteiger partial charge in [0, 0.05) is 24.8 Å². The minimum absolute atomic E-state index is 0.429. The number of aromatic nitrogens is 2. The highest BCUT2D eigenvalue weighted by atomic mass is 15.2. The lowest BCUT2D eigenvalue weighted by Crippen LogP contribution is -2.19. The second-order valence-corrected chi connectivity index (χ2v) is 4.71. The van der Waals surface area contributed by atoms with Gasteiger partial charge >= 0.3 is 0 Å². The predicted octanol–water partition coefficient (Wildman–Crippen LogP) is 2.26. The Morgan fingerprint density at radius 1 is 1.60 bits per heavy atom. The lowest BCUT2D eigenvalue weighted by molar-refractivity contribution is 0.533. The van der Waals surface area contributed by atoms with E-state index in [1.807, 2.05) is 17.9 Å². The third-order valence-electron chi connectivity index (χ3n) is 3.16. The summed E-state index contributed by atoms with van der Waals surface area (Å²) in [5.41, 5.74) is 1.28. The van der Waals surface area contributed by atoms with Crippen molar-refractivity contribution in [2.75, 3.05) is 6.54 Å². The highest BCUT2D eigenvalue weighted by Gasteiger charge is 2.20. The van der Waals surface area contributed by atoms with Crippen LogP contribution in [0.25, 0.3) is 0 Å². The molecule has 0 amide bonds. The number of nitrogens with one attached hydrogen (secondary N) is 1. The molecule has 0 aliphatic heterocycles. The van der Waals surface area contributed by atoms with Crippen LogP contribution in [0.3, 0.4) is 0 Å². The van der Waals surface area contributed by atoms with Gasteiger partial charge in [0.1, 0.15) is 0 Å². The maximum Gasteiger partial charge on any atom is 0.0537 e. The lowest BCUT2D eigenvalue weighted by Gasteiger charge is -2.11. The molecule has 1 aromatic heterocycles. The van der Waals surface area contributed by atoms with Crippen LogP contribution in [0.4, 0.5) is 0 Å². The van der Waals surface area contributed by atoms with Crippen molar-refractivity contribution in [1.29, 1.82) is 0 Å². The largest absolute Gasteiger partial charge is 0.310 e. The second kappa shape index (κ2) is 4.79. The van der Waals surface area contributed by atoms with Crippen LogP contribution in [0.1, 0.15) is 44.2 Å². The summed E-state index contributed by atoms with van der Waals surface area (Å²) in [6.07, 6.45) is 9.69. The zero-order valence-corrected chi connectivity index (χ0v) is 9.74. The molecule has 0 radical (unpaired) electrons. The summed E-state index contributed by atoms with van der Waals surface area (Å²) < 4.78 is 1.86. The van der Waals surface area contributed by atoms with Crippen LogP contribution in [0.5, 0.6) is 0 Å². The third kappa shape index (κ3) is 3.34. The molecule has 0 spiro atoms. The maximum absolute atomic E-state index is 4.18. The Kier molecular flexibility index (Phi) is 3.41. The molecule has 1 saturated carbocycles. The average molecular weight is 207 g/mol. The van der Waals surface area contributed by atoms with Gasteiger partial charge in [0.2, 0.25) is 0 Å². The Morgan fingerprint density at radius 2 is 2.40 bits per heavy atom. The van der Waals surface area contributed by atoms with Crippen molar-refractivity contribution in [3.05, 3.63) is 18.0 Å². The molecule has 3 heteroatoms. The van der Waals surface area contributed by atoms with E-state index in [1.165, 1.54) is 31.2 Å². The molecule has 1 fully saturated rings. The van der Waals surface area contributed by atoms with Crippen molar-refractivity contribution in [2.24, 2.45) is 13.0 Å². The number of nitrogens with zero attached hydrogens (tertiary/aromatic N) is 2. The molecule has 84 valence electrons. The first-order valence-electron chi connectivity index (χ1n) is 5.97. The maximum atomic E-state index is 4.18. The van der Waals surface area contributed by atoms with Gasteiger partial charge in [-0.2, -0.15) is 5.10 Å². The van der Waals surface area contributed by atoms with E-state index in [-0.39, 0.29) is 0 Å². The van der Waals surface area contributed by atoms with E-state index >= 15 is 0 Å². The molecule has 1 atom stereocenters. The van der Waals surface area contributed by atoms with Crippen molar-refractivity contribution in [2.45, 2.75) is 38.6 Å². The minimum Gasteiger partial charge on any atom is -0.310 e. The first-order valence-corrected chi connectivity index (χ1v) is 5.97. The van der Waals surface area contributed by atoms with E-state index in [0.29, 0.717) is 6.04 Å². The first kappa shape index (κ1) is 10.7. The van der Waals surface area contributed by atoms with E-state index in [1.54, 1.807) is 0 Å². The molecular weight excluding hydrogens is 186 g/mol. The molecule has 15 heavy (non-hydrogen) atoms. The Labute approximate surface area is 91.9 Å². The number of hydrogen-bond donors (Lipinski definition) is 1. The summed E-state index contributed by atoms with van der Waals surface area (Å²) in [7, 11) is 1.96. The summed E-state index contributed by atoms with van der Waals surface area (Å²) in [5, 5.41) is 7.72. The normalized spacial score (nSPS) is 18.0. The topological polar surface area (TPSA) is 29.9 Å². The molecular formula is C12H21N3. The van der Waals surface area contributed by atoms with Gasteiger partial charge in [0.05, 0.1) is 6.20 Å². The Bertz CT molecular complexity index is 302. The molecule has 3 nitrogen and oxygen atoms in total. The molecule has 1 aromatic rings. The molecule has 2 rings (SSSR count). The highest BCUT2D eigenvalue weighted by Crippen LogP contribution is 2.33. The van der Waals surface area contributed by atoms with Gasteiger partial charge < -0.3 is 5.32 Å². The highest BCUT2D eigenvalue weighted by molar-refractivity contribution is 5.08. The van der Waals surface area contributed by atoms with Crippen molar-refractivity contribution >= 4 is 0 Å². The molecule has 1 N–H and O–H groups in total. The van der Waals surface area contributed by atoms with E-state index < -0.39 is 0 Å². The van der Waals surface area contributed by atoms with E-state index in [0.717, 1.165) is 12.5 Å². The summed E-state index contributed by atoms with van der Waals surface area (Å²) >= 11 is 0. The van der Waals surface area contributed by atoms with E-state index in [4.69, 9.17) is 0 Å². The fraction of sp³-hybridized carbons (Fsp3) is 0.750.